The number of carbonyl (C=O) groups excluding carboxylic acids is 1. The van der Waals surface area contributed by atoms with Gasteiger partial charge in [-0.15, -0.1) is 0 Å². The van der Waals surface area contributed by atoms with Gasteiger partial charge in [0.05, 0.1) is 18.2 Å². The van der Waals surface area contributed by atoms with Crippen LogP contribution in [0.15, 0.2) is 24.3 Å². The summed E-state index contributed by atoms with van der Waals surface area (Å²) in [4.78, 5) is 11.9. The van der Waals surface area contributed by atoms with Crippen LogP contribution in [-0.4, -0.2) is 23.8 Å². The number of hydrogen-bond donors (Lipinski definition) is 3. The third-order valence-corrected chi connectivity index (χ3v) is 3.54. The molecule has 1 aromatic rings. The van der Waals surface area contributed by atoms with E-state index in [1.807, 2.05) is 6.92 Å². The molecule has 1 aliphatic carbocycles. The van der Waals surface area contributed by atoms with Gasteiger partial charge < -0.3 is 15.7 Å². The quantitative estimate of drug-likeness (QED) is 0.762. The Morgan fingerprint density at radius 1 is 1.47 bits per heavy atom. The molecule has 0 spiro atoms. The molecule has 1 atom stereocenters. The third kappa shape index (κ3) is 3.04. The Kier molecular flexibility index (Phi) is 4.04. The largest absolute Gasteiger partial charge is 0.394 e. The molecule has 1 aromatic carbocycles. The summed E-state index contributed by atoms with van der Waals surface area (Å²) >= 11 is 0. The Labute approximate surface area is 112 Å². The number of amides is 2. The molecule has 3 N–H and O–H groups in total. The van der Waals surface area contributed by atoms with Crippen molar-refractivity contribution in [2.45, 2.75) is 37.8 Å². The van der Waals surface area contributed by atoms with E-state index in [0.717, 1.165) is 12.8 Å². The van der Waals surface area contributed by atoms with Crippen LogP contribution in [0.2, 0.25) is 0 Å². The van der Waals surface area contributed by atoms with E-state index in [0.29, 0.717) is 12.0 Å². The van der Waals surface area contributed by atoms with Crippen molar-refractivity contribution in [2.24, 2.45) is 0 Å². The molecule has 1 aliphatic rings. The standard InChI is InChI=1S/C14H19FN2O2/c1-2-10(9-18)16-13(19)17-14(7-8-14)11-5-3-4-6-12(11)15/h3-6,10,18H,2,7-9H2,1H3,(H2,16,17,19). The smallest absolute Gasteiger partial charge is 0.315 e. The minimum atomic E-state index is -0.580. The summed E-state index contributed by atoms with van der Waals surface area (Å²) in [5.41, 5.74) is -0.0504. The van der Waals surface area contributed by atoms with Gasteiger partial charge >= 0.3 is 6.03 Å². The van der Waals surface area contributed by atoms with Crippen molar-refractivity contribution >= 4 is 6.03 Å². The summed E-state index contributed by atoms with van der Waals surface area (Å²) in [6.45, 7) is 1.78. The van der Waals surface area contributed by atoms with E-state index < -0.39 is 5.54 Å². The first kappa shape index (κ1) is 13.8. The second-order valence-electron chi connectivity index (χ2n) is 4.95. The van der Waals surface area contributed by atoms with Crippen molar-refractivity contribution in [3.05, 3.63) is 35.6 Å². The fraction of sp³-hybridized carbons (Fsp3) is 0.500. The number of rotatable bonds is 5. The molecule has 0 radical (unpaired) electrons. The van der Waals surface area contributed by atoms with Crippen molar-refractivity contribution in [1.82, 2.24) is 10.6 Å². The van der Waals surface area contributed by atoms with Crippen LogP contribution in [-0.2, 0) is 5.54 Å². The van der Waals surface area contributed by atoms with E-state index in [9.17, 15) is 9.18 Å². The lowest BCUT2D eigenvalue weighted by molar-refractivity contribution is 0.210. The number of benzene rings is 1. The monoisotopic (exact) mass is 266 g/mol. The summed E-state index contributed by atoms with van der Waals surface area (Å²) in [6, 6.07) is 5.87. The number of carbonyl (C=O) groups is 1. The maximum Gasteiger partial charge on any atom is 0.315 e. The number of aliphatic hydroxyl groups is 1. The van der Waals surface area contributed by atoms with Gasteiger partial charge in [-0.2, -0.15) is 0 Å². The Bertz CT molecular complexity index is 457. The van der Waals surface area contributed by atoms with Crippen LogP contribution in [0.1, 0.15) is 31.7 Å². The van der Waals surface area contributed by atoms with Crippen LogP contribution in [0.3, 0.4) is 0 Å². The Morgan fingerprint density at radius 2 is 2.16 bits per heavy atom. The Hall–Kier alpha value is -1.62. The lowest BCUT2D eigenvalue weighted by Crippen LogP contribution is -2.47. The highest BCUT2D eigenvalue weighted by atomic mass is 19.1. The van der Waals surface area contributed by atoms with E-state index in [2.05, 4.69) is 10.6 Å². The SMILES string of the molecule is CCC(CO)NC(=O)NC1(c2ccccc2F)CC1. The van der Waals surface area contributed by atoms with Crippen LogP contribution in [0.25, 0.3) is 0 Å². The molecule has 1 saturated carbocycles. The molecule has 0 heterocycles. The number of hydrogen-bond acceptors (Lipinski definition) is 2. The van der Waals surface area contributed by atoms with Gasteiger partial charge in [-0.1, -0.05) is 25.1 Å². The predicted molar refractivity (Wildman–Crippen MR) is 70.1 cm³/mol. The van der Waals surface area contributed by atoms with E-state index in [4.69, 9.17) is 5.11 Å². The summed E-state index contributed by atoms with van der Waals surface area (Å²) in [6.07, 6.45) is 2.12. The van der Waals surface area contributed by atoms with Gasteiger partial charge in [-0.3, -0.25) is 0 Å². The van der Waals surface area contributed by atoms with E-state index >= 15 is 0 Å². The van der Waals surface area contributed by atoms with Gasteiger partial charge in [0.15, 0.2) is 0 Å². The number of nitrogens with one attached hydrogen (secondary N) is 2. The molecule has 0 aliphatic heterocycles. The van der Waals surface area contributed by atoms with Crippen molar-refractivity contribution in [3.8, 4) is 0 Å². The molecule has 19 heavy (non-hydrogen) atoms. The summed E-state index contributed by atoms with van der Waals surface area (Å²) in [7, 11) is 0. The average molecular weight is 266 g/mol. The normalized spacial score (nSPS) is 17.6. The van der Waals surface area contributed by atoms with Crippen molar-refractivity contribution in [2.75, 3.05) is 6.61 Å². The molecule has 1 fully saturated rings. The van der Waals surface area contributed by atoms with Crippen LogP contribution in [0, 0.1) is 5.82 Å². The molecule has 2 rings (SSSR count). The lowest BCUT2D eigenvalue weighted by atomic mass is 10.0. The lowest BCUT2D eigenvalue weighted by Gasteiger charge is -2.21. The first-order valence-electron chi connectivity index (χ1n) is 6.56. The minimum absolute atomic E-state index is 0.101. The second kappa shape index (κ2) is 5.57. The summed E-state index contributed by atoms with van der Waals surface area (Å²) < 4.78 is 13.8. The average Bonchev–Trinajstić information content (AvgIpc) is 3.17. The molecule has 104 valence electrons. The number of aliphatic hydroxyl groups excluding tert-OH is 1. The van der Waals surface area contributed by atoms with Crippen LogP contribution in [0.4, 0.5) is 9.18 Å². The zero-order chi connectivity index (χ0) is 13.9. The maximum atomic E-state index is 13.8. The number of urea groups is 1. The van der Waals surface area contributed by atoms with Gasteiger partial charge in [-0.05, 0) is 25.3 Å². The maximum absolute atomic E-state index is 13.8. The van der Waals surface area contributed by atoms with Crippen LogP contribution >= 0.6 is 0 Å². The first-order chi connectivity index (χ1) is 9.11. The molecule has 5 heteroatoms. The zero-order valence-corrected chi connectivity index (χ0v) is 10.9. The molecule has 0 aromatic heterocycles. The fourth-order valence-corrected chi connectivity index (χ4v) is 2.15. The molecule has 0 bridgehead atoms. The highest BCUT2D eigenvalue weighted by Crippen LogP contribution is 2.46. The highest BCUT2D eigenvalue weighted by Gasteiger charge is 2.47. The molecule has 0 saturated heterocycles. The predicted octanol–water partition coefficient (Wildman–Crippen LogP) is 1.88. The highest BCUT2D eigenvalue weighted by molar-refractivity contribution is 5.76. The van der Waals surface area contributed by atoms with Crippen LogP contribution in [0.5, 0.6) is 0 Å². The van der Waals surface area contributed by atoms with E-state index in [1.165, 1.54) is 6.07 Å². The molecular formula is C14H19FN2O2. The van der Waals surface area contributed by atoms with Crippen molar-refractivity contribution < 1.29 is 14.3 Å². The van der Waals surface area contributed by atoms with Gasteiger partial charge in [0.1, 0.15) is 5.82 Å². The van der Waals surface area contributed by atoms with Crippen molar-refractivity contribution in [3.63, 3.8) is 0 Å². The summed E-state index contributed by atoms with van der Waals surface area (Å²) in [5.74, 6) is -0.297. The van der Waals surface area contributed by atoms with Crippen LogP contribution < -0.4 is 10.6 Å². The molecule has 4 nitrogen and oxygen atoms in total. The second-order valence-corrected chi connectivity index (χ2v) is 4.95. The van der Waals surface area contributed by atoms with Gasteiger partial charge in [0.2, 0.25) is 0 Å². The van der Waals surface area contributed by atoms with E-state index in [-0.39, 0.29) is 24.5 Å². The Morgan fingerprint density at radius 3 is 2.68 bits per heavy atom. The number of halogens is 1. The third-order valence-electron chi connectivity index (χ3n) is 3.54. The van der Waals surface area contributed by atoms with Crippen molar-refractivity contribution in [1.29, 1.82) is 0 Å². The van der Waals surface area contributed by atoms with Gasteiger partial charge in [-0.25, -0.2) is 9.18 Å². The fourth-order valence-electron chi connectivity index (χ4n) is 2.15. The summed E-state index contributed by atoms with van der Waals surface area (Å²) in [5, 5.41) is 14.5. The Balaban J connectivity index is 2.03. The molecule has 1 unspecified atom stereocenters. The van der Waals surface area contributed by atoms with Gasteiger partial charge in [0, 0.05) is 5.56 Å². The van der Waals surface area contributed by atoms with E-state index in [1.54, 1.807) is 18.2 Å². The first-order valence-corrected chi connectivity index (χ1v) is 6.56. The zero-order valence-electron chi connectivity index (χ0n) is 10.9. The van der Waals surface area contributed by atoms with Gasteiger partial charge in [0.25, 0.3) is 0 Å². The minimum Gasteiger partial charge on any atom is -0.394 e. The molecular weight excluding hydrogens is 247 g/mol. The topological polar surface area (TPSA) is 61.4 Å². The molecule has 2 amide bonds.